The van der Waals surface area contributed by atoms with E-state index >= 15 is 0 Å². The molecule has 0 aromatic heterocycles. The first-order valence-electron chi connectivity index (χ1n) is 5.73. The van der Waals surface area contributed by atoms with Crippen LogP contribution in [0.25, 0.3) is 0 Å². The van der Waals surface area contributed by atoms with E-state index in [1.807, 2.05) is 0 Å². The van der Waals surface area contributed by atoms with Crippen LogP contribution in [0.5, 0.6) is 11.5 Å². The monoisotopic (exact) mass is 266 g/mol. The Balaban J connectivity index is 2.93. The number of amides is 2. The van der Waals surface area contributed by atoms with Gasteiger partial charge in [0, 0.05) is 12.0 Å². The van der Waals surface area contributed by atoms with Gasteiger partial charge in [-0.2, -0.15) is 0 Å². The summed E-state index contributed by atoms with van der Waals surface area (Å²) in [6.45, 7) is 3.35. The van der Waals surface area contributed by atoms with Crippen molar-refractivity contribution in [3.05, 3.63) is 23.8 Å². The second kappa shape index (κ2) is 5.60. The Labute approximate surface area is 111 Å². The number of aromatic hydroxyl groups is 1. The molecule has 0 aliphatic heterocycles. The van der Waals surface area contributed by atoms with E-state index in [0.29, 0.717) is 0 Å². The molecule has 19 heavy (non-hydrogen) atoms. The number of carbonyl (C=O) groups excluding carboxylic acids is 2. The highest BCUT2D eigenvalue weighted by Crippen LogP contribution is 2.29. The molecule has 0 atom stereocenters. The summed E-state index contributed by atoms with van der Waals surface area (Å²) in [4.78, 5) is 23.0. The Hall–Kier alpha value is -2.24. The largest absolute Gasteiger partial charge is 0.504 e. The minimum atomic E-state index is -0.793. The van der Waals surface area contributed by atoms with Gasteiger partial charge in [-0.3, -0.25) is 9.59 Å². The second-order valence-electron chi connectivity index (χ2n) is 4.84. The van der Waals surface area contributed by atoms with Crippen molar-refractivity contribution in [2.24, 2.45) is 5.73 Å². The van der Waals surface area contributed by atoms with Crippen molar-refractivity contribution >= 4 is 11.8 Å². The number of carbonyl (C=O) groups is 2. The van der Waals surface area contributed by atoms with Crippen LogP contribution in [0.3, 0.4) is 0 Å². The van der Waals surface area contributed by atoms with E-state index in [2.05, 4.69) is 5.32 Å². The molecule has 4 N–H and O–H groups in total. The number of para-hydroxylation sites is 1. The fraction of sp³-hybridized carbons (Fsp3) is 0.385. The van der Waals surface area contributed by atoms with E-state index in [1.54, 1.807) is 26.0 Å². The summed E-state index contributed by atoms with van der Waals surface area (Å²) < 4.78 is 4.93. The van der Waals surface area contributed by atoms with Crippen LogP contribution in [0.2, 0.25) is 0 Å². The lowest BCUT2D eigenvalue weighted by molar-refractivity contribution is -0.119. The van der Waals surface area contributed by atoms with Crippen LogP contribution in [0.4, 0.5) is 0 Å². The molecule has 0 spiro atoms. The lowest BCUT2D eigenvalue weighted by atomic mass is 9.99. The number of hydrogen-bond donors (Lipinski definition) is 3. The molecule has 1 aromatic carbocycles. The average molecular weight is 266 g/mol. The van der Waals surface area contributed by atoms with E-state index in [0.717, 1.165) is 0 Å². The fourth-order valence-corrected chi connectivity index (χ4v) is 1.72. The zero-order valence-electron chi connectivity index (χ0n) is 11.2. The molecule has 0 heterocycles. The number of rotatable bonds is 5. The maximum absolute atomic E-state index is 12.1. The Kier molecular flexibility index (Phi) is 4.37. The van der Waals surface area contributed by atoms with E-state index in [4.69, 9.17) is 10.5 Å². The van der Waals surface area contributed by atoms with Crippen LogP contribution in [0.15, 0.2) is 18.2 Å². The summed E-state index contributed by atoms with van der Waals surface area (Å²) in [5, 5.41) is 12.5. The van der Waals surface area contributed by atoms with Gasteiger partial charge in [-0.05, 0) is 26.0 Å². The van der Waals surface area contributed by atoms with Crippen LogP contribution < -0.4 is 15.8 Å². The van der Waals surface area contributed by atoms with E-state index in [-0.39, 0.29) is 23.5 Å². The van der Waals surface area contributed by atoms with Crippen LogP contribution in [-0.4, -0.2) is 29.6 Å². The molecule has 104 valence electrons. The molecule has 6 nitrogen and oxygen atoms in total. The fourth-order valence-electron chi connectivity index (χ4n) is 1.72. The molecule has 0 saturated heterocycles. The van der Waals surface area contributed by atoms with E-state index in [1.165, 1.54) is 13.2 Å². The summed E-state index contributed by atoms with van der Waals surface area (Å²) in [6.07, 6.45) is 0.00344. The van der Waals surface area contributed by atoms with Crippen molar-refractivity contribution in [2.75, 3.05) is 7.11 Å². The van der Waals surface area contributed by atoms with Crippen LogP contribution in [0, 0.1) is 0 Å². The Bertz CT molecular complexity index is 497. The van der Waals surface area contributed by atoms with Crippen LogP contribution in [0.1, 0.15) is 30.6 Å². The highest BCUT2D eigenvalue weighted by atomic mass is 16.5. The van der Waals surface area contributed by atoms with Gasteiger partial charge in [0.2, 0.25) is 5.91 Å². The number of phenolic OH excluding ortho intramolecular Hbond substituents is 1. The highest BCUT2D eigenvalue weighted by molar-refractivity contribution is 5.98. The Morgan fingerprint density at radius 2 is 2.05 bits per heavy atom. The summed E-state index contributed by atoms with van der Waals surface area (Å²) in [6, 6.07) is 4.60. The first-order valence-corrected chi connectivity index (χ1v) is 5.73. The lowest BCUT2D eigenvalue weighted by Crippen LogP contribution is -2.46. The minimum Gasteiger partial charge on any atom is -0.504 e. The normalized spacial score (nSPS) is 10.9. The lowest BCUT2D eigenvalue weighted by Gasteiger charge is -2.25. The smallest absolute Gasteiger partial charge is 0.255 e. The molecule has 0 fully saturated rings. The molecule has 0 saturated carbocycles. The molecule has 2 amide bonds. The number of benzene rings is 1. The van der Waals surface area contributed by atoms with Crippen molar-refractivity contribution < 1.29 is 19.4 Å². The molecule has 0 bridgehead atoms. The predicted octanol–water partition coefficient (Wildman–Crippen LogP) is 0.785. The van der Waals surface area contributed by atoms with Gasteiger partial charge in [0.15, 0.2) is 11.5 Å². The summed E-state index contributed by atoms with van der Waals surface area (Å²) >= 11 is 0. The Morgan fingerprint density at radius 1 is 1.42 bits per heavy atom. The van der Waals surface area contributed by atoms with E-state index < -0.39 is 17.4 Å². The number of hydrogen-bond acceptors (Lipinski definition) is 4. The third-order valence-electron chi connectivity index (χ3n) is 2.53. The third-order valence-corrected chi connectivity index (χ3v) is 2.53. The molecule has 0 aliphatic rings. The van der Waals surface area contributed by atoms with E-state index in [9.17, 15) is 14.7 Å². The summed E-state index contributed by atoms with van der Waals surface area (Å²) in [7, 11) is 1.40. The SMILES string of the molecule is COc1cccc(C(=O)NC(C)(C)CC(N)=O)c1O. The number of phenols is 1. The summed E-state index contributed by atoms with van der Waals surface area (Å²) in [5.41, 5.74) is 4.40. The topological polar surface area (TPSA) is 102 Å². The molecule has 1 rings (SSSR count). The van der Waals surface area contributed by atoms with Crippen molar-refractivity contribution in [3.8, 4) is 11.5 Å². The highest BCUT2D eigenvalue weighted by Gasteiger charge is 2.25. The quantitative estimate of drug-likeness (QED) is 0.733. The molecular weight excluding hydrogens is 248 g/mol. The molecule has 0 aliphatic carbocycles. The number of primary amides is 1. The number of ether oxygens (including phenoxy) is 1. The van der Waals surface area contributed by atoms with Gasteiger partial charge in [0.05, 0.1) is 12.7 Å². The zero-order valence-corrected chi connectivity index (χ0v) is 11.2. The zero-order chi connectivity index (χ0) is 14.6. The van der Waals surface area contributed by atoms with Gasteiger partial charge in [-0.1, -0.05) is 6.07 Å². The van der Waals surface area contributed by atoms with Gasteiger partial charge in [0.1, 0.15) is 0 Å². The predicted molar refractivity (Wildman–Crippen MR) is 70.0 cm³/mol. The van der Waals surface area contributed by atoms with Gasteiger partial charge < -0.3 is 20.9 Å². The van der Waals surface area contributed by atoms with Crippen LogP contribution >= 0.6 is 0 Å². The standard InChI is InChI=1S/C13H18N2O4/c1-13(2,7-10(14)16)15-12(18)8-5-4-6-9(19-3)11(8)17/h4-6,17H,7H2,1-3H3,(H2,14,16)(H,15,18). The first kappa shape index (κ1) is 14.8. The Morgan fingerprint density at radius 3 is 2.58 bits per heavy atom. The molecule has 1 aromatic rings. The van der Waals surface area contributed by atoms with Gasteiger partial charge in [-0.25, -0.2) is 0 Å². The summed E-state index contributed by atoms with van der Waals surface area (Å²) in [5.74, 6) is -1.04. The molecule has 6 heteroatoms. The maximum atomic E-state index is 12.1. The van der Waals surface area contributed by atoms with Crippen molar-refractivity contribution in [1.29, 1.82) is 0 Å². The van der Waals surface area contributed by atoms with Gasteiger partial charge >= 0.3 is 0 Å². The minimum absolute atomic E-state index is 0.00344. The second-order valence-corrected chi connectivity index (χ2v) is 4.84. The number of methoxy groups -OCH3 is 1. The van der Waals surface area contributed by atoms with Crippen molar-refractivity contribution in [1.82, 2.24) is 5.32 Å². The maximum Gasteiger partial charge on any atom is 0.255 e. The first-order chi connectivity index (χ1) is 8.76. The molecule has 0 unspecified atom stereocenters. The third kappa shape index (κ3) is 3.87. The number of nitrogens with one attached hydrogen (secondary N) is 1. The number of nitrogens with two attached hydrogens (primary N) is 1. The molecular formula is C13H18N2O4. The average Bonchev–Trinajstić information content (AvgIpc) is 2.26. The molecule has 0 radical (unpaired) electrons. The van der Waals surface area contributed by atoms with Gasteiger partial charge in [0.25, 0.3) is 5.91 Å². The van der Waals surface area contributed by atoms with Gasteiger partial charge in [-0.15, -0.1) is 0 Å². The van der Waals surface area contributed by atoms with Crippen molar-refractivity contribution in [3.63, 3.8) is 0 Å². The van der Waals surface area contributed by atoms with Crippen LogP contribution in [-0.2, 0) is 4.79 Å². The van der Waals surface area contributed by atoms with Crippen molar-refractivity contribution in [2.45, 2.75) is 25.8 Å².